The van der Waals surface area contributed by atoms with Crippen molar-refractivity contribution < 1.29 is 13.2 Å². The molecule has 0 aromatic carbocycles. The van der Waals surface area contributed by atoms with Crippen LogP contribution in [0.4, 0.5) is 0 Å². The number of hydrogen-bond donors (Lipinski definition) is 2. The van der Waals surface area contributed by atoms with Crippen LogP contribution in [0.2, 0.25) is 0 Å². The second kappa shape index (κ2) is 6.85. The highest BCUT2D eigenvalue weighted by Gasteiger charge is 2.28. The minimum absolute atomic E-state index is 0.157. The average Bonchev–Trinajstić information content (AvgIpc) is 2.14. The van der Waals surface area contributed by atoms with Crippen LogP contribution in [0.1, 0.15) is 33.6 Å². The van der Waals surface area contributed by atoms with Crippen molar-refractivity contribution in [1.82, 2.24) is 5.32 Å². The van der Waals surface area contributed by atoms with Crippen LogP contribution in [-0.2, 0) is 14.6 Å². The van der Waals surface area contributed by atoms with Crippen LogP contribution in [0.3, 0.4) is 0 Å². The summed E-state index contributed by atoms with van der Waals surface area (Å²) in [6.07, 6.45) is 1.81. The van der Waals surface area contributed by atoms with Gasteiger partial charge in [-0.2, -0.15) is 0 Å². The molecular weight excluding hydrogens is 228 g/mol. The largest absolute Gasteiger partial charge is 0.355 e. The minimum atomic E-state index is -3.43. The Hall–Kier alpha value is -0.620. The molecule has 96 valence electrons. The third-order valence-electron chi connectivity index (χ3n) is 2.23. The van der Waals surface area contributed by atoms with Crippen molar-refractivity contribution in [2.45, 2.75) is 44.9 Å². The molecule has 5 nitrogen and oxygen atoms in total. The van der Waals surface area contributed by atoms with E-state index in [1.54, 1.807) is 6.92 Å². The summed E-state index contributed by atoms with van der Waals surface area (Å²) in [6.45, 7) is 5.54. The number of unbranched alkanes of at least 4 members (excludes halogenated alkanes) is 1. The summed E-state index contributed by atoms with van der Waals surface area (Å²) < 4.78 is 23.3. The van der Waals surface area contributed by atoms with Crippen molar-refractivity contribution in [3.05, 3.63) is 0 Å². The van der Waals surface area contributed by atoms with Gasteiger partial charge in [0.2, 0.25) is 5.91 Å². The van der Waals surface area contributed by atoms with E-state index >= 15 is 0 Å². The molecule has 0 aromatic heterocycles. The molecule has 0 saturated carbocycles. The molecule has 6 heteroatoms. The van der Waals surface area contributed by atoms with Crippen molar-refractivity contribution in [3.8, 4) is 0 Å². The fraction of sp³-hybridized carbons (Fsp3) is 0.900. The maximum atomic E-state index is 11.7. The van der Waals surface area contributed by atoms with Gasteiger partial charge in [0, 0.05) is 12.6 Å². The molecule has 3 N–H and O–H groups in total. The van der Waals surface area contributed by atoms with E-state index in [-0.39, 0.29) is 5.75 Å². The van der Waals surface area contributed by atoms with E-state index in [0.717, 1.165) is 12.8 Å². The highest BCUT2D eigenvalue weighted by Crippen LogP contribution is 2.03. The Balaban J connectivity index is 4.31. The molecule has 0 bridgehead atoms. The Morgan fingerprint density at radius 3 is 2.38 bits per heavy atom. The number of rotatable bonds is 7. The Bertz CT molecular complexity index is 312. The highest BCUT2D eigenvalue weighted by molar-refractivity contribution is 7.92. The number of nitrogens with two attached hydrogens (primary N) is 1. The zero-order valence-electron chi connectivity index (χ0n) is 10.2. The van der Waals surface area contributed by atoms with Gasteiger partial charge in [0.15, 0.2) is 9.84 Å². The quantitative estimate of drug-likeness (QED) is 0.625. The van der Waals surface area contributed by atoms with E-state index in [1.807, 2.05) is 6.92 Å². The van der Waals surface area contributed by atoms with E-state index < -0.39 is 27.0 Å². The van der Waals surface area contributed by atoms with Crippen molar-refractivity contribution >= 4 is 15.7 Å². The molecular formula is C10H22N2O3S. The van der Waals surface area contributed by atoms with Crippen molar-refractivity contribution in [2.24, 2.45) is 5.73 Å². The van der Waals surface area contributed by atoms with E-state index in [2.05, 4.69) is 5.32 Å². The Labute approximate surface area is 97.7 Å². The van der Waals surface area contributed by atoms with Gasteiger partial charge < -0.3 is 11.1 Å². The average molecular weight is 250 g/mol. The zero-order valence-corrected chi connectivity index (χ0v) is 11.0. The summed E-state index contributed by atoms with van der Waals surface area (Å²) in [4.78, 5) is 11.5. The lowest BCUT2D eigenvalue weighted by Gasteiger charge is -2.14. The highest BCUT2D eigenvalue weighted by atomic mass is 32.2. The van der Waals surface area contributed by atoms with E-state index in [0.29, 0.717) is 6.54 Å². The summed E-state index contributed by atoms with van der Waals surface area (Å²) in [6, 6.07) is -0.448. The van der Waals surface area contributed by atoms with Crippen LogP contribution in [0.5, 0.6) is 0 Å². The van der Waals surface area contributed by atoms with Crippen LogP contribution in [0.15, 0.2) is 0 Å². The van der Waals surface area contributed by atoms with E-state index in [9.17, 15) is 13.2 Å². The molecule has 0 saturated heterocycles. The molecule has 0 aromatic rings. The number of hydrogen-bond acceptors (Lipinski definition) is 4. The number of carbonyl (C=O) groups is 1. The van der Waals surface area contributed by atoms with E-state index in [1.165, 1.54) is 6.92 Å². The summed E-state index contributed by atoms with van der Waals surface area (Å²) in [7, 11) is -3.43. The monoisotopic (exact) mass is 250 g/mol. The molecule has 0 aliphatic carbocycles. The maximum absolute atomic E-state index is 11.7. The lowest BCUT2D eigenvalue weighted by Crippen LogP contribution is -2.42. The number of amides is 1. The van der Waals surface area contributed by atoms with Crippen LogP contribution in [0, 0.1) is 0 Å². The topological polar surface area (TPSA) is 89.3 Å². The first-order valence-electron chi connectivity index (χ1n) is 5.56. The van der Waals surface area contributed by atoms with Gasteiger partial charge in [-0.1, -0.05) is 13.3 Å². The molecule has 0 aliphatic heterocycles. The molecule has 0 spiro atoms. The summed E-state index contributed by atoms with van der Waals surface area (Å²) in [5.74, 6) is -0.593. The smallest absolute Gasteiger partial charge is 0.238 e. The predicted octanol–water partition coefficient (Wildman–Crippen LogP) is 0.0532. The molecule has 2 atom stereocenters. The molecule has 2 unspecified atom stereocenters. The maximum Gasteiger partial charge on any atom is 0.238 e. The van der Waals surface area contributed by atoms with Crippen LogP contribution in [0.25, 0.3) is 0 Å². The van der Waals surface area contributed by atoms with Crippen LogP contribution >= 0.6 is 0 Å². The van der Waals surface area contributed by atoms with Gasteiger partial charge in [0.1, 0.15) is 5.25 Å². The first kappa shape index (κ1) is 15.4. The van der Waals surface area contributed by atoms with Crippen molar-refractivity contribution in [3.63, 3.8) is 0 Å². The molecule has 1 amide bonds. The Kier molecular flexibility index (Phi) is 6.59. The second-order valence-electron chi connectivity index (χ2n) is 4.09. The Morgan fingerprint density at radius 2 is 1.94 bits per heavy atom. The lowest BCUT2D eigenvalue weighted by molar-refractivity contribution is -0.120. The van der Waals surface area contributed by atoms with E-state index in [4.69, 9.17) is 5.73 Å². The first-order chi connectivity index (χ1) is 7.31. The summed E-state index contributed by atoms with van der Waals surface area (Å²) >= 11 is 0. The molecule has 0 fully saturated rings. The SMILES string of the molecule is CCCCNC(=O)C(C)S(=O)(=O)CC(C)N. The fourth-order valence-electron chi connectivity index (χ4n) is 1.21. The fourth-order valence-corrected chi connectivity index (χ4v) is 2.64. The van der Waals surface area contributed by atoms with Gasteiger partial charge in [-0.15, -0.1) is 0 Å². The van der Waals surface area contributed by atoms with Gasteiger partial charge in [-0.25, -0.2) is 8.42 Å². The van der Waals surface area contributed by atoms with Crippen molar-refractivity contribution in [2.75, 3.05) is 12.3 Å². The number of carbonyl (C=O) groups excluding carboxylic acids is 1. The standard InChI is InChI=1S/C10H22N2O3S/c1-4-5-6-12-10(13)9(3)16(14,15)7-8(2)11/h8-9H,4-7,11H2,1-3H3,(H,12,13). The van der Waals surface area contributed by atoms with Gasteiger partial charge in [-0.3, -0.25) is 4.79 Å². The van der Waals surface area contributed by atoms with Crippen LogP contribution in [-0.4, -0.2) is 37.9 Å². The number of sulfone groups is 1. The molecule has 16 heavy (non-hydrogen) atoms. The first-order valence-corrected chi connectivity index (χ1v) is 7.27. The second-order valence-corrected chi connectivity index (χ2v) is 6.46. The molecule has 0 rings (SSSR count). The minimum Gasteiger partial charge on any atom is -0.355 e. The van der Waals surface area contributed by atoms with Gasteiger partial charge in [0.25, 0.3) is 0 Å². The summed E-state index contributed by atoms with van der Waals surface area (Å²) in [5, 5.41) is 1.59. The predicted molar refractivity (Wildman–Crippen MR) is 64.8 cm³/mol. The molecule has 0 heterocycles. The third kappa shape index (κ3) is 5.46. The number of nitrogens with one attached hydrogen (secondary N) is 1. The lowest BCUT2D eigenvalue weighted by atomic mass is 10.3. The summed E-state index contributed by atoms with van der Waals surface area (Å²) in [5.41, 5.74) is 5.43. The van der Waals surface area contributed by atoms with Gasteiger partial charge in [0.05, 0.1) is 5.75 Å². The van der Waals surface area contributed by atoms with Gasteiger partial charge in [-0.05, 0) is 20.3 Å². The zero-order chi connectivity index (χ0) is 12.8. The van der Waals surface area contributed by atoms with Crippen molar-refractivity contribution in [1.29, 1.82) is 0 Å². The molecule has 0 radical (unpaired) electrons. The molecule has 0 aliphatic rings. The van der Waals surface area contributed by atoms with Gasteiger partial charge >= 0.3 is 0 Å². The third-order valence-corrected chi connectivity index (χ3v) is 4.51. The normalized spacial score (nSPS) is 15.5. The van der Waals surface area contributed by atoms with Crippen LogP contribution < -0.4 is 11.1 Å². The Morgan fingerprint density at radius 1 is 1.38 bits per heavy atom.